The molecule has 1 aromatic heterocycles. The fourth-order valence-corrected chi connectivity index (χ4v) is 3.34. The molecule has 0 spiro atoms. The molecule has 6 nitrogen and oxygen atoms in total. The minimum Gasteiger partial charge on any atom is -0.319 e. The van der Waals surface area contributed by atoms with Crippen molar-refractivity contribution in [2.75, 3.05) is 11.6 Å². The van der Waals surface area contributed by atoms with Crippen molar-refractivity contribution in [2.24, 2.45) is 0 Å². The molecular weight excluding hydrogens is 397 g/mol. The van der Waals surface area contributed by atoms with Gasteiger partial charge in [-0.3, -0.25) is 4.79 Å². The molecule has 0 saturated carbocycles. The van der Waals surface area contributed by atoms with E-state index in [0.717, 1.165) is 6.26 Å². The lowest BCUT2D eigenvalue weighted by molar-refractivity contribution is 0.102. The average molecular weight is 410 g/mol. The van der Waals surface area contributed by atoms with Gasteiger partial charge in [0.15, 0.2) is 9.84 Å². The molecule has 134 valence electrons. The van der Waals surface area contributed by atoms with Gasteiger partial charge in [-0.05, 0) is 30.3 Å². The quantitative estimate of drug-likeness (QED) is 0.709. The fraction of sp³-hybridized carbons (Fsp3) is 0.0588. The number of benzene rings is 2. The Morgan fingerprint density at radius 3 is 2.54 bits per heavy atom. The van der Waals surface area contributed by atoms with Crippen LogP contribution in [0.5, 0.6) is 0 Å². The van der Waals surface area contributed by atoms with Crippen LogP contribution in [-0.4, -0.2) is 30.4 Å². The second kappa shape index (κ2) is 7.11. The van der Waals surface area contributed by atoms with Gasteiger partial charge in [-0.1, -0.05) is 35.3 Å². The third kappa shape index (κ3) is 3.90. The van der Waals surface area contributed by atoms with Gasteiger partial charge in [0.2, 0.25) is 0 Å². The largest absolute Gasteiger partial charge is 0.319 e. The summed E-state index contributed by atoms with van der Waals surface area (Å²) in [5.41, 5.74) is 1.13. The Hall–Kier alpha value is -2.35. The summed E-state index contributed by atoms with van der Waals surface area (Å²) in [6.07, 6.45) is 4.11. The maximum atomic E-state index is 12.5. The van der Waals surface area contributed by atoms with Gasteiger partial charge in [0.25, 0.3) is 5.91 Å². The second-order valence-electron chi connectivity index (χ2n) is 5.49. The first kappa shape index (κ1) is 18.4. The summed E-state index contributed by atoms with van der Waals surface area (Å²) < 4.78 is 24.9. The number of hydrogen-bond acceptors (Lipinski definition) is 4. The Morgan fingerprint density at radius 1 is 1.12 bits per heavy atom. The highest BCUT2D eigenvalue weighted by molar-refractivity contribution is 7.90. The molecule has 1 N–H and O–H groups in total. The van der Waals surface area contributed by atoms with Crippen LogP contribution >= 0.6 is 23.2 Å². The number of amides is 1. The first-order valence-electron chi connectivity index (χ1n) is 7.36. The van der Waals surface area contributed by atoms with Crippen LogP contribution in [0.2, 0.25) is 10.0 Å². The summed E-state index contributed by atoms with van der Waals surface area (Å²) in [6.45, 7) is 0. The van der Waals surface area contributed by atoms with Crippen molar-refractivity contribution < 1.29 is 13.2 Å². The van der Waals surface area contributed by atoms with Gasteiger partial charge in [-0.15, -0.1) is 0 Å². The van der Waals surface area contributed by atoms with Crippen molar-refractivity contribution >= 4 is 44.6 Å². The normalized spacial score (nSPS) is 11.3. The van der Waals surface area contributed by atoms with Crippen LogP contribution in [0, 0.1) is 0 Å². The molecular formula is C17H13Cl2N3O3S. The molecule has 0 saturated heterocycles. The number of nitrogens with one attached hydrogen (secondary N) is 1. The molecule has 9 heteroatoms. The highest BCUT2D eigenvalue weighted by Crippen LogP contribution is 2.23. The predicted octanol–water partition coefficient (Wildman–Crippen LogP) is 3.83. The third-order valence-electron chi connectivity index (χ3n) is 3.55. The highest BCUT2D eigenvalue weighted by atomic mass is 35.5. The maximum Gasteiger partial charge on any atom is 0.257 e. The minimum absolute atomic E-state index is 0.0128. The molecule has 0 atom stereocenters. The second-order valence-corrected chi connectivity index (χ2v) is 8.32. The van der Waals surface area contributed by atoms with Crippen molar-refractivity contribution in [1.29, 1.82) is 0 Å². The van der Waals surface area contributed by atoms with E-state index in [-0.39, 0.29) is 15.5 Å². The molecule has 0 bridgehead atoms. The summed E-state index contributed by atoms with van der Waals surface area (Å²) >= 11 is 12.2. The van der Waals surface area contributed by atoms with Crippen molar-refractivity contribution in [3.05, 3.63) is 70.5 Å². The van der Waals surface area contributed by atoms with Crippen molar-refractivity contribution in [3.63, 3.8) is 0 Å². The van der Waals surface area contributed by atoms with Gasteiger partial charge in [0.05, 0.1) is 44.3 Å². The molecule has 0 fully saturated rings. The number of nitrogens with zero attached hydrogens (tertiary/aromatic N) is 2. The number of para-hydroxylation sites is 1. The van der Waals surface area contributed by atoms with Gasteiger partial charge in [-0.2, -0.15) is 5.10 Å². The highest BCUT2D eigenvalue weighted by Gasteiger charge is 2.16. The van der Waals surface area contributed by atoms with Gasteiger partial charge in [0.1, 0.15) is 0 Å². The first-order chi connectivity index (χ1) is 12.3. The van der Waals surface area contributed by atoms with Crippen molar-refractivity contribution in [3.8, 4) is 5.69 Å². The monoisotopic (exact) mass is 409 g/mol. The zero-order chi connectivity index (χ0) is 18.9. The Kier molecular flexibility index (Phi) is 5.04. The van der Waals surface area contributed by atoms with Crippen molar-refractivity contribution in [1.82, 2.24) is 9.78 Å². The van der Waals surface area contributed by atoms with E-state index < -0.39 is 15.7 Å². The standard InChI is InChI=1S/C17H13Cl2N3O3S/c1-26(24,25)12-6-7-14(18)13(8-12)17(23)21-11-9-20-22(10-11)16-5-3-2-4-15(16)19/h2-10H,1H3,(H,21,23). The number of carbonyl (C=O) groups excluding carboxylic acids is 1. The SMILES string of the molecule is CS(=O)(=O)c1ccc(Cl)c(C(=O)Nc2cnn(-c3ccccc3Cl)c2)c1. The summed E-state index contributed by atoms with van der Waals surface area (Å²) in [5.74, 6) is -0.542. The number of hydrogen-bond donors (Lipinski definition) is 1. The van der Waals surface area contributed by atoms with Crippen LogP contribution in [0.15, 0.2) is 59.8 Å². The van der Waals surface area contributed by atoms with E-state index in [1.807, 2.05) is 6.07 Å². The zero-order valence-electron chi connectivity index (χ0n) is 13.5. The van der Waals surface area contributed by atoms with Gasteiger partial charge in [-0.25, -0.2) is 13.1 Å². The molecule has 0 aliphatic heterocycles. The van der Waals surface area contributed by atoms with E-state index in [1.54, 1.807) is 24.4 Å². The lowest BCUT2D eigenvalue weighted by atomic mass is 10.2. The molecule has 0 radical (unpaired) electrons. The number of rotatable bonds is 4. The van der Waals surface area contributed by atoms with Crippen LogP contribution in [0.3, 0.4) is 0 Å². The number of aromatic nitrogens is 2. The molecule has 1 amide bonds. The van der Waals surface area contributed by atoms with Gasteiger partial charge >= 0.3 is 0 Å². The summed E-state index contributed by atoms with van der Waals surface area (Å²) in [5, 5.41) is 7.46. The van der Waals surface area contributed by atoms with E-state index in [9.17, 15) is 13.2 Å². The number of anilines is 1. The molecule has 3 rings (SSSR count). The van der Waals surface area contributed by atoms with Crippen LogP contribution in [0.1, 0.15) is 10.4 Å². The Labute approximate surface area is 160 Å². The van der Waals surface area contributed by atoms with E-state index in [4.69, 9.17) is 23.2 Å². The average Bonchev–Trinajstić information content (AvgIpc) is 3.02. The lowest BCUT2D eigenvalue weighted by Crippen LogP contribution is -2.13. The van der Waals surface area contributed by atoms with Crippen LogP contribution in [0.4, 0.5) is 5.69 Å². The Bertz CT molecular complexity index is 1090. The van der Waals surface area contributed by atoms with E-state index in [2.05, 4.69) is 10.4 Å². The van der Waals surface area contributed by atoms with Crippen LogP contribution in [-0.2, 0) is 9.84 Å². The van der Waals surface area contributed by atoms with E-state index in [1.165, 1.54) is 29.1 Å². The summed E-state index contributed by atoms with van der Waals surface area (Å²) in [4.78, 5) is 12.5. The fourth-order valence-electron chi connectivity index (χ4n) is 2.26. The number of sulfone groups is 1. The Morgan fingerprint density at radius 2 is 1.85 bits per heavy atom. The smallest absolute Gasteiger partial charge is 0.257 e. The molecule has 1 heterocycles. The molecule has 3 aromatic rings. The molecule has 0 unspecified atom stereocenters. The Balaban J connectivity index is 1.87. The zero-order valence-corrected chi connectivity index (χ0v) is 15.8. The first-order valence-corrected chi connectivity index (χ1v) is 10.0. The minimum atomic E-state index is -3.45. The lowest BCUT2D eigenvalue weighted by Gasteiger charge is -2.07. The third-order valence-corrected chi connectivity index (χ3v) is 5.31. The topological polar surface area (TPSA) is 81.1 Å². The molecule has 2 aromatic carbocycles. The molecule has 0 aliphatic rings. The van der Waals surface area contributed by atoms with Crippen LogP contribution in [0.25, 0.3) is 5.69 Å². The summed E-state index contributed by atoms with van der Waals surface area (Å²) in [6, 6.07) is 11.1. The van der Waals surface area contributed by atoms with E-state index in [0.29, 0.717) is 16.4 Å². The van der Waals surface area contributed by atoms with E-state index >= 15 is 0 Å². The number of halogens is 2. The maximum absolute atomic E-state index is 12.5. The van der Waals surface area contributed by atoms with Crippen LogP contribution < -0.4 is 5.32 Å². The van der Waals surface area contributed by atoms with Crippen molar-refractivity contribution in [2.45, 2.75) is 4.90 Å². The summed E-state index contributed by atoms with van der Waals surface area (Å²) in [7, 11) is -3.45. The molecule has 26 heavy (non-hydrogen) atoms. The van der Waals surface area contributed by atoms with Gasteiger partial charge < -0.3 is 5.32 Å². The predicted molar refractivity (Wildman–Crippen MR) is 101 cm³/mol. The molecule has 0 aliphatic carbocycles. The number of carbonyl (C=O) groups is 1. The van der Waals surface area contributed by atoms with Gasteiger partial charge in [0, 0.05) is 6.26 Å².